The number of rotatable bonds is 1. The van der Waals surface area contributed by atoms with Crippen LogP contribution in [0.5, 0.6) is 0 Å². The second-order valence-electron chi connectivity index (χ2n) is 7.40. The molecule has 1 saturated carbocycles. The predicted molar refractivity (Wildman–Crippen MR) is 84.3 cm³/mol. The van der Waals surface area contributed by atoms with E-state index < -0.39 is 0 Å². The molecule has 20 heavy (non-hydrogen) atoms. The Morgan fingerprint density at radius 2 is 0.900 bits per heavy atom. The van der Waals surface area contributed by atoms with Gasteiger partial charge in [-0.05, 0) is 51.4 Å². The van der Waals surface area contributed by atoms with Crippen molar-refractivity contribution in [3.05, 3.63) is 0 Å². The van der Waals surface area contributed by atoms with Gasteiger partial charge in [-0.3, -0.25) is 0 Å². The smallest absolute Gasteiger partial charge is 0.0888 e. The lowest BCUT2D eigenvalue weighted by atomic mass is 9.99. The Morgan fingerprint density at radius 3 is 1.35 bits per heavy atom. The maximum atomic E-state index is 2.59. The van der Waals surface area contributed by atoms with E-state index in [4.69, 9.17) is 0 Å². The summed E-state index contributed by atoms with van der Waals surface area (Å²) in [6.45, 7) is 2.93. The minimum Gasteiger partial charge on any atom is -1.00 e. The Morgan fingerprint density at radius 1 is 0.550 bits per heavy atom. The van der Waals surface area contributed by atoms with Crippen molar-refractivity contribution in [1.29, 1.82) is 0 Å². The van der Waals surface area contributed by atoms with Crippen molar-refractivity contribution in [3.8, 4) is 0 Å². The minimum absolute atomic E-state index is 0. The molecule has 1 saturated heterocycles. The molecule has 0 aromatic carbocycles. The number of hydrogen-bond donors (Lipinski definition) is 0. The van der Waals surface area contributed by atoms with Crippen LogP contribution in [-0.4, -0.2) is 30.7 Å². The minimum atomic E-state index is 0. The lowest BCUT2D eigenvalue weighted by molar-refractivity contribution is -0.934. The van der Waals surface area contributed by atoms with Crippen molar-refractivity contribution in [1.82, 2.24) is 0 Å². The highest BCUT2D eigenvalue weighted by Gasteiger charge is 2.31. The summed E-state index contributed by atoms with van der Waals surface area (Å²) in [4.78, 5) is 0. The number of halogens is 1. The topological polar surface area (TPSA) is 0 Å². The highest BCUT2D eigenvalue weighted by molar-refractivity contribution is 4.65. The second kappa shape index (κ2) is 10.4. The van der Waals surface area contributed by atoms with Crippen LogP contribution in [0.1, 0.15) is 89.9 Å². The molecule has 2 fully saturated rings. The third-order valence-corrected chi connectivity index (χ3v) is 5.79. The molecule has 1 nitrogen and oxygen atoms in total. The van der Waals surface area contributed by atoms with E-state index in [0.29, 0.717) is 0 Å². The fourth-order valence-electron chi connectivity index (χ4n) is 4.36. The zero-order valence-electron chi connectivity index (χ0n) is 13.7. The average molecular weight is 393 g/mol. The van der Waals surface area contributed by atoms with Crippen LogP contribution in [0.4, 0.5) is 0 Å². The summed E-state index contributed by atoms with van der Waals surface area (Å²) in [7, 11) is 2.59. The van der Waals surface area contributed by atoms with Crippen LogP contribution in [0.15, 0.2) is 0 Å². The molecule has 1 aliphatic carbocycles. The van der Waals surface area contributed by atoms with Gasteiger partial charge in [0.05, 0.1) is 26.2 Å². The first-order valence-corrected chi connectivity index (χ1v) is 9.15. The molecule has 0 amide bonds. The number of quaternary nitrogens is 1. The van der Waals surface area contributed by atoms with E-state index in [2.05, 4.69) is 7.05 Å². The van der Waals surface area contributed by atoms with E-state index in [0.717, 1.165) is 6.04 Å². The zero-order chi connectivity index (χ0) is 13.4. The summed E-state index contributed by atoms with van der Waals surface area (Å²) in [5.41, 5.74) is 0. The van der Waals surface area contributed by atoms with Crippen molar-refractivity contribution in [3.63, 3.8) is 0 Å². The fraction of sp³-hybridized carbons (Fsp3) is 1.00. The van der Waals surface area contributed by atoms with Gasteiger partial charge < -0.3 is 28.5 Å². The molecule has 0 aromatic rings. The lowest BCUT2D eigenvalue weighted by Gasteiger charge is -2.42. The SMILES string of the molecule is C[N+]1(C2CCCCCCCC2)CCCCCCCC1.[I-]. The van der Waals surface area contributed by atoms with Gasteiger partial charge in [-0.15, -0.1) is 0 Å². The first-order valence-electron chi connectivity index (χ1n) is 9.15. The molecule has 0 radical (unpaired) electrons. The maximum Gasteiger partial charge on any atom is 0.0888 e. The largest absolute Gasteiger partial charge is 1.00 e. The van der Waals surface area contributed by atoms with E-state index in [1.165, 1.54) is 107 Å². The third-order valence-electron chi connectivity index (χ3n) is 5.79. The lowest BCUT2D eigenvalue weighted by Crippen LogP contribution is -3.00. The third kappa shape index (κ3) is 6.21. The van der Waals surface area contributed by atoms with Crippen molar-refractivity contribution < 1.29 is 28.5 Å². The molecule has 0 bridgehead atoms. The van der Waals surface area contributed by atoms with Crippen LogP contribution in [0, 0.1) is 0 Å². The van der Waals surface area contributed by atoms with Gasteiger partial charge in [-0.25, -0.2) is 0 Å². The van der Waals surface area contributed by atoms with Gasteiger partial charge in [0, 0.05) is 0 Å². The number of hydrogen-bond acceptors (Lipinski definition) is 0. The molecule has 0 atom stereocenters. The van der Waals surface area contributed by atoms with Gasteiger partial charge in [0.25, 0.3) is 0 Å². The highest BCUT2D eigenvalue weighted by atomic mass is 127. The average Bonchev–Trinajstić information content (AvgIpc) is 2.61. The Kier molecular flexibility index (Phi) is 9.76. The Labute approximate surface area is 144 Å². The second-order valence-corrected chi connectivity index (χ2v) is 7.40. The van der Waals surface area contributed by atoms with E-state index in [-0.39, 0.29) is 24.0 Å². The van der Waals surface area contributed by atoms with Gasteiger partial charge in [0.15, 0.2) is 0 Å². The van der Waals surface area contributed by atoms with Crippen LogP contribution in [0.25, 0.3) is 0 Å². The molecular weight excluding hydrogens is 357 g/mol. The van der Waals surface area contributed by atoms with Gasteiger partial charge >= 0.3 is 0 Å². The maximum absolute atomic E-state index is 2.59. The first-order chi connectivity index (χ1) is 9.31. The zero-order valence-corrected chi connectivity index (χ0v) is 15.9. The first kappa shape index (κ1) is 18.7. The normalized spacial score (nSPS) is 26.9. The highest BCUT2D eigenvalue weighted by Crippen LogP contribution is 2.28. The molecule has 0 aromatic heterocycles. The summed E-state index contributed by atoms with van der Waals surface area (Å²) in [6, 6.07) is 0.983. The summed E-state index contributed by atoms with van der Waals surface area (Å²) in [5, 5.41) is 0. The molecule has 1 aliphatic heterocycles. The quantitative estimate of drug-likeness (QED) is 0.474. The van der Waals surface area contributed by atoms with E-state index in [1.807, 2.05) is 0 Å². The van der Waals surface area contributed by atoms with Gasteiger partial charge in [-0.2, -0.15) is 0 Å². The Bertz CT molecular complexity index is 222. The molecule has 0 spiro atoms. The molecule has 0 N–H and O–H groups in total. The Hall–Kier alpha value is 0.690. The summed E-state index contributed by atoms with van der Waals surface area (Å²) in [6.07, 6.45) is 20.9. The molecular formula is C18H36IN. The van der Waals surface area contributed by atoms with E-state index in [1.54, 1.807) is 0 Å². The fourth-order valence-corrected chi connectivity index (χ4v) is 4.36. The van der Waals surface area contributed by atoms with Crippen LogP contribution < -0.4 is 24.0 Å². The molecule has 2 heteroatoms. The van der Waals surface area contributed by atoms with Crippen LogP contribution in [0.2, 0.25) is 0 Å². The van der Waals surface area contributed by atoms with Crippen molar-refractivity contribution in [2.24, 2.45) is 0 Å². The summed E-state index contributed by atoms with van der Waals surface area (Å²) in [5.74, 6) is 0. The van der Waals surface area contributed by atoms with Crippen molar-refractivity contribution >= 4 is 0 Å². The van der Waals surface area contributed by atoms with Gasteiger partial charge in [0.1, 0.15) is 0 Å². The van der Waals surface area contributed by atoms with Crippen molar-refractivity contribution in [2.45, 2.75) is 95.9 Å². The van der Waals surface area contributed by atoms with Crippen molar-refractivity contribution in [2.75, 3.05) is 20.1 Å². The van der Waals surface area contributed by atoms with E-state index >= 15 is 0 Å². The van der Waals surface area contributed by atoms with Gasteiger partial charge in [0.2, 0.25) is 0 Å². The molecule has 2 aliphatic rings. The molecule has 0 unspecified atom stereocenters. The predicted octanol–water partition coefficient (Wildman–Crippen LogP) is 2.29. The standard InChI is InChI=1S/C18H36N.HI/c1-19(16-12-8-4-5-9-13-17-19)18-14-10-6-2-3-7-11-15-18;/h18H,2-17H2,1H3;1H/q+1;/p-1. The molecule has 1 heterocycles. The van der Waals surface area contributed by atoms with Crippen LogP contribution in [0.3, 0.4) is 0 Å². The van der Waals surface area contributed by atoms with Crippen LogP contribution in [-0.2, 0) is 0 Å². The monoisotopic (exact) mass is 393 g/mol. The Balaban J connectivity index is 0.00000200. The molecule has 120 valence electrons. The summed E-state index contributed by atoms with van der Waals surface area (Å²) < 4.78 is 1.42. The van der Waals surface area contributed by atoms with Gasteiger partial charge in [-0.1, -0.05) is 38.5 Å². The van der Waals surface area contributed by atoms with E-state index in [9.17, 15) is 0 Å². The summed E-state index contributed by atoms with van der Waals surface area (Å²) >= 11 is 0. The molecule has 2 rings (SSSR count). The van der Waals surface area contributed by atoms with Crippen LogP contribution >= 0.6 is 0 Å². The number of nitrogens with zero attached hydrogens (tertiary/aromatic N) is 1.